The van der Waals surface area contributed by atoms with Gasteiger partial charge in [0.2, 0.25) is 0 Å². The second-order valence-corrected chi connectivity index (χ2v) is 3.09. The largest absolute Gasteiger partial charge is 0.396 e. The van der Waals surface area contributed by atoms with Gasteiger partial charge in [-0.2, -0.15) is 0 Å². The molecule has 1 atom stereocenters. The van der Waals surface area contributed by atoms with Crippen LogP contribution in [0, 0.1) is 0 Å². The van der Waals surface area contributed by atoms with E-state index in [-0.39, 0.29) is 12.1 Å². The molecule has 1 aliphatic heterocycles. The Labute approximate surface area is 67.7 Å². The van der Waals surface area contributed by atoms with Crippen LogP contribution in [0.5, 0.6) is 0 Å². The normalized spacial score (nSPS) is 31.1. The van der Waals surface area contributed by atoms with Gasteiger partial charge in [0, 0.05) is 18.8 Å². The molecule has 0 radical (unpaired) electrons. The molecule has 11 heavy (non-hydrogen) atoms. The summed E-state index contributed by atoms with van der Waals surface area (Å²) in [4.78, 5) is 0. The fourth-order valence-corrected chi connectivity index (χ4v) is 1.62. The summed E-state index contributed by atoms with van der Waals surface area (Å²) in [5, 5.41) is 12.2. The summed E-state index contributed by atoms with van der Waals surface area (Å²) in [6.07, 6.45) is 1.84. The highest BCUT2D eigenvalue weighted by molar-refractivity contribution is 4.90. The van der Waals surface area contributed by atoms with Crippen molar-refractivity contribution in [1.82, 2.24) is 5.32 Å². The third kappa shape index (κ3) is 2.15. The number of aliphatic hydroxyl groups is 1. The third-order valence-electron chi connectivity index (χ3n) is 2.25. The second kappa shape index (κ2) is 4.04. The first-order valence-corrected chi connectivity index (χ1v) is 4.26. The van der Waals surface area contributed by atoms with Crippen LogP contribution < -0.4 is 5.32 Å². The van der Waals surface area contributed by atoms with Crippen molar-refractivity contribution in [2.45, 2.75) is 25.3 Å². The number of rotatable bonds is 4. The van der Waals surface area contributed by atoms with E-state index in [0.29, 0.717) is 0 Å². The predicted octanol–water partition coefficient (Wildman–Crippen LogP) is 0.137. The molecule has 0 saturated carbocycles. The number of aliphatic hydroxyl groups excluding tert-OH is 1. The highest BCUT2D eigenvalue weighted by Gasteiger charge is 2.32. The molecule has 1 aliphatic rings. The van der Waals surface area contributed by atoms with Gasteiger partial charge in [-0.15, -0.1) is 0 Å². The standard InChI is InChI=1S/C8H17NO2/c1-2-9-8(3-5-10)4-6-11-7-8/h9-10H,2-7H2,1H3. The lowest BCUT2D eigenvalue weighted by Crippen LogP contribution is -2.46. The lowest BCUT2D eigenvalue weighted by Gasteiger charge is -2.27. The maximum absolute atomic E-state index is 8.82. The Morgan fingerprint density at radius 2 is 2.45 bits per heavy atom. The lowest BCUT2D eigenvalue weighted by atomic mass is 9.95. The number of ether oxygens (including phenoxy) is 1. The fraction of sp³-hybridized carbons (Fsp3) is 1.00. The quantitative estimate of drug-likeness (QED) is 0.613. The molecule has 1 heterocycles. The van der Waals surface area contributed by atoms with Crippen LogP contribution in [-0.4, -0.2) is 37.0 Å². The molecule has 1 saturated heterocycles. The van der Waals surface area contributed by atoms with E-state index in [4.69, 9.17) is 9.84 Å². The van der Waals surface area contributed by atoms with Crippen molar-refractivity contribution in [3.63, 3.8) is 0 Å². The van der Waals surface area contributed by atoms with E-state index in [1.165, 1.54) is 0 Å². The fourth-order valence-electron chi connectivity index (χ4n) is 1.62. The molecule has 0 spiro atoms. The van der Waals surface area contributed by atoms with Gasteiger partial charge in [0.25, 0.3) is 0 Å². The average Bonchev–Trinajstić information content (AvgIpc) is 2.39. The van der Waals surface area contributed by atoms with Crippen molar-refractivity contribution >= 4 is 0 Å². The summed E-state index contributed by atoms with van der Waals surface area (Å²) in [5.41, 5.74) is 0.0729. The van der Waals surface area contributed by atoms with Gasteiger partial charge in [0.05, 0.1) is 6.61 Å². The van der Waals surface area contributed by atoms with Crippen LogP contribution in [0.1, 0.15) is 19.8 Å². The number of likely N-dealkylation sites (N-methyl/N-ethyl adjacent to an activating group) is 1. The van der Waals surface area contributed by atoms with E-state index in [0.717, 1.165) is 32.6 Å². The molecule has 3 heteroatoms. The van der Waals surface area contributed by atoms with Crippen molar-refractivity contribution in [1.29, 1.82) is 0 Å². The molecule has 66 valence electrons. The lowest BCUT2D eigenvalue weighted by molar-refractivity contribution is 0.148. The predicted molar refractivity (Wildman–Crippen MR) is 43.5 cm³/mol. The van der Waals surface area contributed by atoms with Gasteiger partial charge in [-0.3, -0.25) is 0 Å². The molecule has 1 fully saturated rings. The molecule has 1 rings (SSSR count). The van der Waals surface area contributed by atoms with Crippen molar-refractivity contribution in [3.8, 4) is 0 Å². The van der Waals surface area contributed by atoms with E-state index in [1.807, 2.05) is 0 Å². The van der Waals surface area contributed by atoms with Gasteiger partial charge in [-0.05, 0) is 19.4 Å². The molecule has 1 unspecified atom stereocenters. The zero-order chi connectivity index (χ0) is 8.16. The van der Waals surface area contributed by atoms with Crippen LogP contribution in [0.4, 0.5) is 0 Å². The van der Waals surface area contributed by atoms with Crippen LogP contribution in [0.3, 0.4) is 0 Å². The summed E-state index contributed by atoms with van der Waals surface area (Å²) in [6, 6.07) is 0. The molecular weight excluding hydrogens is 142 g/mol. The Balaban J connectivity index is 2.40. The molecule has 0 aromatic rings. The molecule has 0 amide bonds. The minimum atomic E-state index is 0.0729. The molecule has 2 N–H and O–H groups in total. The SMILES string of the molecule is CCNC1(CCO)CCOC1. The summed E-state index contributed by atoms with van der Waals surface area (Å²) < 4.78 is 5.29. The summed E-state index contributed by atoms with van der Waals surface area (Å²) in [6.45, 7) is 4.85. The summed E-state index contributed by atoms with van der Waals surface area (Å²) in [5.74, 6) is 0. The van der Waals surface area contributed by atoms with Crippen LogP contribution in [0.25, 0.3) is 0 Å². The van der Waals surface area contributed by atoms with Gasteiger partial charge >= 0.3 is 0 Å². The minimum Gasteiger partial charge on any atom is -0.396 e. The number of hydrogen-bond acceptors (Lipinski definition) is 3. The first-order chi connectivity index (χ1) is 5.33. The van der Waals surface area contributed by atoms with Gasteiger partial charge < -0.3 is 15.2 Å². The van der Waals surface area contributed by atoms with Crippen molar-refractivity contribution in [3.05, 3.63) is 0 Å². The highest BCUT2D eigenvalue weighted by Crippen LogP contribution is 2.21. The third-order valence-corrected chi connectivity index (χ3v) is 2.25. The Kier molecular flexibility index (Phi) is 3.30. The maximum Gasteiger partial charge on any atom is 0.0650 e. The Hall–Kier alpha value is -0.120. The molecule has 0 aromatic carbocycles. The first-order valence-electron chi connectivity index (χ1n) is 4.26. The summed E-state index contributed by atoms with van der Waals surface area (Å²) in [7, 11) is 0. The van der Waals surface area contributed by atoms with Gasteiger partial charge in [0.1, 0.15) is 0 Å². The molecule has 0 bridgehead atoms. The first kappa shape index (κ1) is 8.97. The van der Waals surface area contributed by atoms with Gasteiger partial charge in [0.15, 0.2) is 0 Å². The second-order valence-electron chi connectivity index (χ2n) is 3.09. The van der Waals surface area contributed by atoms with Crippen LogP contribution >= 0.6 is 0 Å². The Morgan fingerprint density at radius 3 is 2.91 bits per heavy atom. The van der Waals surface area contributed by atoms with Gasteiger partial charge in [-0.25, -0.2) is 0 Å². The number of hydrogen-bond donors (Lipinski definition) is 2. The Bertz CT molecular complexity index is 103. The van der Waals surface area contributed by atoms with Crippen LogP contribution in [-0.2, 0) is 4.74 Å². The van der Waals surface area contributed by atoms with E-state index in [2.05, 4.69) is 12.2 Å². The van der Waals surface area contributed by atoms with Crippen molar-refractivity contribution in [2.75, 3.05) is 26.4 Å². The van der Waals surface area contributed by atoms with E-state index in [9.17, 15) is 0 Å². The average molecular weight is 159 g/mol. The van der Waals surface area contributed by atoms with E-state index in [1.54, 1.807) is 0 Å². The molecule has 0 aliphatic carbocycles. The number of nitrogens with one attached hydrogen (secondary N) is 1. The zero-order valence-corrected chi connectivity index (χ0v) is 7.10. The topological polar surface area (TPSA) is 41.5 Å². The van der Waals surface area contributed by atoms with E-state index < -0.39 is 0 Å². The van der Waals surface area contributed by atoms with Gasteiger partial charge in [-0.1, -0.05) is 6.92 Å². The zero-order valence-electron chi connectivity index (χ0n) is 7.10. The molecule has 3 nitrogen and oxygen atoms in total. The minimum absolute atomic E-state index is 0.0729. The Morgan fingerprint density at radius 1 is 1.64 bits per heavy atom. The van der Waals surface area contributed by atoms with Crippen molar-refractivity contribution < 1.29 is 9.84 Å². The highest BCUT2D eigenvalue weighted by atomic mass is 16.5. The summed E-state index contributed by atoms with van der Waals surface area (Å²) >= 11 is 0. The van der Waals surface area contributed by atoms with Crippen molar-refractivity contribution in [2.24, 2.45) is 0 Å². The monoisotopic (exact) mass is 159 g/mol. The smallest absolute Gasteiger partial charge is 0.0650 e. The van der Waals surface area contributed by atoms with Crippen LogP contribution in [0.15, 0.2) is 0 Å². The molecular formula is C8H17NO2. The van der Waals surface area contributed by atoms with Crippen LogP contribution in [0.2, 0.25) is 0 Å². The molecule has 0 aromatic heterocycles. The van der Waals surface area contributed by atoms with E-state index >= 15 is 0 Å². The maximum atomic E-state index is 8.82.